The summed E-state index contributed by atoms with van der Waals surface area (Å²) in [5.41, 5.74) is 0.698. The summed E-state index contributed by atoms with van der Waals surface area (Å²) in [7, 11) is 1.65. The molecule has 1 aromatic rings. The van der Waals surface area contributed by atoms with Crippen molar-refractivity contribution in [1.29, 1.82) is 0 Å². The van der Waals surface area contributed by atoms with Crippen LogP contribution in [0.2, 0.25) is 0 Å². The first kappa shape index (κ1) is 17.6. The lowest BCUT2D eigenvalue weighted by Crippen LogP contribution is -2.36. The molecule has 1 aromatic carbocycles. The first-order valence-corrected chi connectivity index (χ1v) is 7.70. The molecule has 0 amide bonds. The number of halogens is 2. The van der Waals surface area contributed by atoms with Crippen LogP contribution in [0.1, 0.15) is 18.9 Å². The Morgan fingerprint density at radius 2 is 2.15 bits per heavy atom. The summed E-state index contributed by atoms with van der Waals surface area (Å²) < 4.78 is 25.2. The normalized spacial score (nSPS) is 12.6. The predicted octanol–water partition coefficient (Wildman–Crippen LogP) is 3.16. The zero-order valence-electron chi connectivity index (χ0n) is 12.1. The van der Waals surface area contributed by atoms with Gasteiger partial charge in [-0.3, -0.25) is 0 Å². The zero-order valence-corrected chi connectivity index (χ0v) is 13.7. The minimum Gasteiger partial charge on any atom is -0.382 e. The van der Waals surface area contributed by atoms with Gasteiger partial charge in [-0.25, -0.2) is 4.39 Å². The Morgan fingerprint density at radius 1 is 1.35 bits per heavy atom. The minimum atomic E-state index is -0.173. The average Bonchev–Trinajstić information content (AvgIpc) is 2.44. The first-order valence-electron chi connectivity index (χ1n) is 6.91. The molecular weight excluding hydrogens is 325 g/mol. The van der Waals surface area contributed by atoms with Crippen molar-refractivity contribution in [1.82, 2.24) is 5.32 Å². The van der Waals surface area contributed by atoms with E-state index in [4.69, 9.17) is 9.47 Å². The van der Waals surface area contributed by atoms with Crippen molar-refractivity contribution in [3.05, 3.63) is 34.1 Å². The molecule has 20 heavy (non-hydrogen) atoms. The Labute approximate surface area is 129 Å². The summed E-state index contributed by atoms with van der Waals surface area (Å²) >= 11 is 3.38. The van der Waals surface area contributed by atoms with E-state index in [1.54, 1.807) is 13.2 Å². The average molecular weight is 348 g/mol. The van der Waals surface area contributed by atoms with Gasteiger partial charge in [0.25, 0.3) is 0 Å². The first-order chi connectivity index (χ1) is 9.67. The van der Waals surface area contributed by atoms with Crippen molar-refractivity contribution >= 4 is 15.9 Å². The maximum absolute atomic E-state index is 13.8. The molecule has 0 radical (unpaired) electrons. The molecule has 0 spiro atoms. The van der Waals surface area contributed by atoms with Crippen LogP contribution in [0, 0.1) is 5.82 Å². The summed E-state index contributed by atoms with van der Waals surface area (Å²) in [4.78, 5) is 0. The van der Waals surface area contributed by atoms with Crippen molar-refractivity contribution in [3.63, 3.8) is 0 Å². The molecule has 5 heteroatoms. The molecule has 0 aromatic heterocycles. The lowest BCUT2D eigenvalue weighted by molar-refractivity contribution is 0.0586. The Bertz CT molecular complexity index is 390. The van der Waals surface area contributed by atoms with Gasteiger partial charge in [0, 0.05) is 17.6 Å². The van der Waals surface area contributed by atoms with Crippen LogP contribution in [0.15, 0.2) is 22.7 Å². The van der Waals surface area contributed by atoms with Gasteiger partial charge in [-0.15, -0.1) is 0 Å². The molecule has 1 N–H and O–H groups in total. The van der Waals surface area contributed by atoms with E-state index in [1.807, 2.05) is 6.07 Å². The fraction of sp³-hybridized carbons (Fsp3) is 0.600. The maximum atomic E-state index is 13.8. The molecule has 1 rings (SSSR count). The van der Waals surface area contributed by atoms with Gasteiger partial charge >= 0.3 is 0 Å². The van der Waals surface area contributed by atoms with E-state index in [1.165, 1.54) is 6.07 Å². The SMILES string of the molecule is CCCNC(COCCOC)Cc1cc(Br)ccc1F. The van der Waals surface area contributed by atoms with Crippen molar-refractivity contribution in [2.24, 2.45) is 0 Å². The molecule has 0 fully saturated rings. The number of rotatable bonds is 10. The van der Waals surface area contributed by atoms with E-state index in [2.05, 4.69) is 28.2 Å². The highest BCUT2D eigenvalue weighted by atomic mass is 79.9. The highest BCUT2D eigenvalue weighted by Gasteiger charge is 2.12. The Morgan fingerprint density at radius 3 is 2.85 bits per heavy atom. The fourth-order valence-corrected chi connectivity index (χ4v) is 2.28. The smallest absolute Gasteiger partial charge is 0.126 e. The lowest BCUT2D eigenvalue weighted by Gasteiger charge is -2.19. The molecule has 0 aliphatic heterocycles. The Hall–Kier alpha value is -0.490. The summed E-state index contributed by atoms with van der Waals surface area (Å²) in [6.45, 7) is 4.69. The highest BCUT2D eigenvalue weighted by Crippen LogP contribution is 2.17. The van der Waals surface area contributed by atoms with Crippen LogP contribution in [-0.2, 0) is 15.9 Å². The van der Waals surface area contributed by atoms with Crippen LogP contribution in [-0.4, -0.2) is 39.5 Å². The molecular formula is C15H23BrFNO2. The number of hydrogen-bond donors (Lipinski definition) is 1. The van der Waals surface area contributed by atoms with Crippen molar-refractivity contribution in [2.45, 2.75) is 25.8 Å². The lowest BCUT2D eigenvalue weighted by atomic mass is 10.1. The van der Waals surface area contributed by atoms with E-state index in [-0.39, 0.29) is 11.9 Å². The van der Waals surface area contributed by atoms with Crippen LogP contribution in [0.3, 0.4) is 0 Å². The summed E-state index contributed by atoms with van der Waals surface area (Å²) in [6, 6.07) is 5.13. The minimum absolute atomic E-state index is 0.107. The largest absolute Gasteiger partial charge is 0.382 e. The van der Waals surface area contributed by atoms with Crippen LogP contribution < -0.4 is 5.32 Å². The van der Waals surface area contributed by atoms with Gasteiger partial charge < -0.3 is 14.8 Å². The highest BCUT2D eigenvalue weighted by molar-refractivity contribution is 9.10. The second kappa shape index (κ2) is 10.3. The summed E-state index contributed by atoms with van der Waals surface area (Å²) in [5, 5.41) is 3.39. The van der Waals surface area contributed by atoms with Crippen molar-refractivity contribution < 1.29 is 13.9 Å². The third kappa shape index (κ3) is 6.79. The quantitative estimate of drug-likeness (QED) is 0.659. The molecule has 0 saturated carbocycles. The van der Waals surface area contributed by atoms with Crippen LogP contribution in [0.5, 0.6) is 0 Å². The monoisotopic (exact) mass is 347 g/mol. The van der Waals surface area contributed by atoms with Gasteiger partial charge in [-0.05, 0) is 43.1 Å². The standard InChI is InChI=1S/C15H23BrFNO2/c1-3-6-18-14(11-20-8-7-19-2)10-12-9-13(16)4-5-15(12)17/h4-5,9,14,18H,3,6-8,10-11H2,1-2H3. The number of benzene rings is 1. The third-order valence-electron chi connectivity index (χ3n) is 2.91. The molecule has 0 bridgehead atoms. The van der Waals surface area contributed by atoms with Gasteiger partial charge in [0.15, 0.2) is 0 Å². The number of hydrogen-bond acceptors (Lipinski definition) is 3. The van der Waals surface area contributed by atoms with Gasteiger partial charge in [0.1, 0.15) is 5.82 Å². The van der Waals surface area contributed by atoms with Crippen LogP contribution in [0.4, 0.5) is 4.39 Å². The molecule has 0 heterocycles. The molecule has 1 unspecified atom stereocenters. The van der Waals surface area contributed by atoms with Crippen LogP contribution >= 0.6 is 15.9 Å². The summed E-state index contributed by atoms with van der Waals surface area (Å²) in [6.07, 6.45) is 1.65. The molecule has 3 nitrogen and oxygen atoms in total. The number of ether oxygens (including phenoxy) is 2. The van der Waals surface area contributed by atoms with E-state index in [0.29, 0.717) is 31.8 Å². The number of methoxy groups -OCH3 is 1. The fourth-order valence-electron chi connectivity index (χ4n) is 1.87. The van der Waals surface area contributed by atoms with Gasteiger partial charge in [0.05, 0.1) is 19.8 Å². The van der Waals surface area contributed by atoms with Gasteiger partial charge in [-0.1, -0.05) is 22.9 Å². The molecule has 0 aliphatic rings. The maximum Gasteiger partial charge on any atom is 0.126 e. The topological polar surface area (TPSA) is 30.5 Å². The van der Waals surface area contributed by atoms with Crippen molar-refractivity contribution in [2.75, 3.05) is 33.5 Å². The third-order valence-corrected chi connectivity index (χ3v) is 3.40. The van der Waals surface area contributed by atoms with Gasteiger partial charge in [0.2, 0.25) is 0 Å². The second-order valence-electron chi connectivity index (χ2n) is 4.66. The van der Waals surface area contributed by atoms with Crippen molar-refractivity contribution in [3.8, 4) is 0 Å². The molecule has 0 saturated heterocycles. The Kier molecular flexibility index (Phi) is 9.02. The van der Waals surface area contributed by atoms with Crippen LogP contribution in [0.25, 0.3) is 0 Å². The number of nitrogens with one attached hydrogen (secondary N) is 1. The van der Waals surface area contributed by atoms with E-state index in [9.17, 15) is 4.39 Å². The zero-order chi connectivity index (χ0) is 14.8. The van der Waals surface area contributed by atoms with E-state index in [0.717, 1.165) is 17.4 Å². The second-order valence-corrected chi connectivity index (χ2v) is 5.57. The summed E-state index contributed by atoms with van der Waals surface area (Å²) in [5.74, 6) is -0.173. The predicted molar refractivity (Wildman–Crippen MR) is 82.6 cm³/mol. The molecule has 1 atom stereocenters. The van der Waals surface area contributed by atoms with Gasteiger partial charge in [-0.2, -0.15) is 0 Å². The van der Waals surface area contributed by atoms with E-state index < -0.39 is 0 Å². The molecule has 114 valence electrons. The molecule has 0 aliphatic carbocycles. The van der Waals surface area contributed by atoms with E-state index >= 15 is 0 Å². The Balaban J connectivity index is 2.55.